The first-order chi connectivity index (χ1) is 15.5. The molecule has 1 amide bonds. The molecule has 8 nitrogen and oxygen atoms in total. The predicted octanol–water partition coefficient (Wildman–Crippen LogP) is 1.56. The van der Waals surface area contributed by atoms with Crippen LogP contribution < -0.4 is 21.3 Å². The number of nitrogens with two attached hydrogens (primary N) is 2. The molecular weight excluding hydrogens is 409 g/mol. The number of primary amides is 1. The van der Waals surface area contributed by atoms with Crippen LogP contribution >= 0.6 is 0 Å². The van der Waals surface area contributed by atoms with Gasteiger partial charge in [0.1, 0.15) is 11.6 Å². The number of benzene rings is 1. The lowest BCUT2D eigenvalue weighted by molar-refractivity contribution is -0.122. The Morgan fingerprint density at radius 3 is 2.53 bits per heavy atom. The molecule has 0 bridgehead atoms. The molecule has 1 atom stereocenters. The van der Waals surface area contributed by atoms with Crippen LogP contribution in [0.1, 0.15) is 18.4 Å². The molecule has 4 rings (SSSR count). The van der Waals surface area contributed by atoms with E-state index in [9.17, 15) is 9.18 Å². The fourth-order valence-corrected chi connectivity index (χ4v) is 4.35. The number of rotatable bonds is 5. The van der Waals surface area contributed by atoms with Crippen LogP contribution in [0.25, 0.3) is 0 Å². The van der Waals surface area contributed by atoms with Gasteiger partial charge in [-0.3, -0.25) is 4.79 Å². The highest BCUT2D eigenvalue weighted by molar-refractivity contribution is 5.79. The number of anilines is 2. The first kappa shape index (κ1) is 21.9. The molecule has 3 heterocycles. The number of amides is 1. The Kier molecular flexibility index (Phi) is 6.72. The van der Waals surface area contributed by atoms with Gasteiger partial charge in [0.15, 0.2) is 5.96 Å². The van der Waals surface area contributed by atoms with Gasteiger partial charge < -0.3 is 26.2 Å². The molecule has 1 unspecified atom stereocenters. The van der Waals surface area contributed by atoms with Gasteiger partial charge in [-0.2, -0.15) is 0 Å². The van der Waals surface area contributed by atoms with Crippen LogP contribution in [0.2, 0.25) is 0 Å². The fraction of sp³-hybridized carbons (Fsp3) is 0.435. The third kappa shape index (κ3) is 5.09. The van der Waals surface area contributed by atoms with E-state index in [1.807, 2.05) is 12.1 Å². The Morgan fingerprint density at radius 1 is 1.06 bits per heavy atom. The second-order valence-electron chi connectivity index (χ2n) is 8.30. The van der Waals surface area contributed by atoms with E-state index in [-0.39, 0.29) is 17.6 Å². The standard InChI is InChI=1S/C23H30FN7O/c24-19-5-7-20(8-6-19)29-11-13-30(14-12-29)23(26)28-15-17-3-1-9-27-22(17)31-10-2-4-18(16-31)21(25)32/h1,3,5-9,18H,2,4,10-16H2,(H2,25,32)(H2,26,28). The van der Waals surface area contributed by atoms with Gasteiger partial charge in [-0.25, -0.2) is 14.4 Å². The third-order valence-electron chi connectivity index (χ3n) is 6.20. The summed E-state index contributed by atoms with van der Waals surface area (Å²) in [4.78, 5) is 27.2. The number of guanidine groups is 1. The number of pyridine rings is 1. The Hall–Kier alpha value is -3.36. The van der Waals surface area contributed by atoms with Crippen LogP contribution in [-0.2, 0) is 11.3 Å². The Balaban J connectivity index is 1.37. The van der Waals surface area contributed by atoms with Crippen LogP contribution in [0.15, 0.2) is 47.6 Å². The first-order valence-electron chi connectivity index (χ1n) is 11.0. The molecule has 32 heavy (non-hydrogen) atoms. The second-order valence-corrected chi connectivity index (χ2v) is 8.30. The topological polar surface area (TPSA) is 104 Å². The van der Waals surface area contributed by atoms with E-state index >= 15 is 0 Å². The van der Waals surface area contributed by atoms with Crippen molar-refractivity contribution in [2.45, 2.75) is 19.4 Å². The average molecular weight is 440 g/mol. The number of halogens is 1. The highest BCUT2D eigenvalue weighted by Gasteiger charge is 2.26. The monoisotopic (exact) mass is 439 g/mol. The van der Waals surface area contributed by atoms with Gasteiger partial charge in [-0.1, -0.05) is 6.07 Å². The maximum atomic E-state index is 13.2. The molecular formula is C23H30FN7O. The average Bonchev–Trinajstić information content (AvgIpc) is 2.83. The number of aromatic nitrogens is 1. The lowest BCUT2D eigenvalue weighted by Gasteiger charge is -2.36. The molecule has 2 aliphatic heterocycles. The molecule has 0 saturated carbocycles. The molecule has 2 aliphatic rings. The van der Waals surface area contributed by atoms with Crippen molar-refractivity contribution in [2.75, 3.05) is 49.1 Å². The van der Waals surface area contributed by atoms with Gasteiger partial charge in [0.2, 0.25) is 5.91 Å². The van der Waals surface area contributed by atoms with E-state index < -0.39 is 0 Å². The normalized spacial score (nSPS) is 19.8. The van der Waals surface area contributed by atoms with Crippen molar-refractivity contribution in [3.05, 3.63) is 54.0 Å². The number of hydrogen-bond donors (Lipinski definition) is 2. The van der Waals surface area contributed by atoms with Gasteiger partial charge in [-0.05, 0) is 43.2 Å². The van der Waals surface area contributed by atoms with Gasteiger partial charge in [0, 0.05) is 56.7 Å². The highest BCUT2D eigenvalue weighted by Crippen LogP contribution is 2.25. The second kappa shape index (κ2) is 9.84. The summed E-state index contributed by atoms with van der Waals surface area (Å²) in [7, 11) is 0. The van der Waals surface area contributed by atoms with Gasteiger partial charge in [-0.15, -0.1) is 0 Å². The van der Waals surface area contributed by atoms with Gasteiger partial charge >= 0.3 is 0 Å². The van der Waals surface area contributed by atoms with Gasteiger partial charge in [0.05, 0.1) is 12.5 Å². The highest BCUT2D eigenvalue weighted by atomic mass is 19.1. The maximum absolute atomic E-state index is 13.2. The molecule has 9 heteroatoms. The van der Waals surface area contributed by atoms with Crippen molar-refractivity contribution >= 4 is 23.4 Å². The van der Waals surface area contributed by atoms with Crippen molar-refractivity contribution in [2.24, 2.45) is 22.4 Å². The summed E-state index contributed by atoms with van der Waals surface area (Å²) >= 11 is 0. The number of piperazine rings is 1. The predicted molar refractivity (Wildman–Crippen MR) is 124 cm³/mol. The SMILES string of the molecule is NC(=O)C1CCCN(c2ncccc2CN=C(N)N2CCN(c3ccc(F)cc3)CC2)C1. The van der Waals surface area contributed by atoms with E-state index in [4.69, 9.17) is 11.5 Å². The molecule has 1 aromatic carbocycles. The molecule has 0 spiro atoms. The van der Waals surface area contributed by atoms with Crippen molar-refractivity contribution in [3.63, 3.8) is 0 Å². The van der Waals surface area contributed by atoms with E-state index in [1.165, 1.54) is 12.1 Å². The largest absolute Gasteiger partial charge is 0.370 e. The Bertz CT molecular complexity index is 957. The Morgan fingerprint density at radius 2 is 1.81 bits per heavy atom. The van der Waals surface area contributed by atoms with Crippen molar-refractivity contribution in [3.8, 4) is 0 Å². The molecule has 0 radical (unpaired) electrons. The van der Waals surface area contributed by atoms with Crippen LogP contribution in [0.5, 0.6) is 0 Å². The number of piperidine rings is 1. The molecule has 2 aromatic rings. The summed E-state index contributed by atoms with van der Waals surface area (Å²) in [5, 5.41) is 0. The zero-order valence-corrected chi connectivity index (χ0v) is 18.2. The van der Waals surface area contributed by atoms with Gasteiger partial charge in [0.25, 0.3) is 0 Å². The van der Waals surface area contributed by atoms with Crippen LogP contribution in [0.3, 0.4) is 0 Å². The summed E-state index contributed by atoms with van der Waals surface area (Å²) in [6, 6.07) is 10.5. The summed E-state index contributed by atoms with van der Waals surface area (Å²) in [6.45, 7) is 4.94. The molecule has 2 saturated heterocycles. The van der Waals surface area contributed by atoms with Crippen LogP contribution in [0, 0.1) is 11.7 Å². The van der Waals surface area contributed by atoms with Crippen LogP contribution in [-0.4, -0.2) is 61.0 Å². The number of aliphatic imine (C=N–C) groups is 1. The lowest BCUT2D eigenvalue weighted by Crippen LogP contribution is -2.51. The van der Waals surface area contributed by atoms with E-state index in [2.05, 4.69) is 24.7 Å². The van der Waals surface area contributed by atoms with E-state index in [0.717, 1.165) is 62.6 Å². The summed E-state index contributed by atoms with van der Waals surface area (Å²) in [5.41, 5.74) is 13.8. The van der Waals surface area contributed by atoms with Crippen LogP contribution in [0.4, 0.5) is 15.9 Å². The van der Waals surface area contributed by atoms with E-state index in [0.29, 0.717) is 19.0 Å². The maximum Gasteiger partial charge on any atom is 0.222 e. The number of carbonyl (C=O) groups excluding carboxylic acids is 1. The Labute approximate surface area is 187 Å². The molecule has 170 valence electrons. The number of hydrogen-bond acceptors (Lipinski definition) is 5. The lowest BCUT2D eigenvalue weighted by atomic mass is 9.97. The van der Waals surface area contributed by atoms with Crippen molar-refractivity contribution in [1.82, 2.24) is 9.88 Å². The summed E-state index contributed by atoms with van der Waals surface area (Å²) in [5.74, 6) is 0.718. The molecule has 4 N–H and O–H groups in total. The zero-order chi connectivity index (χ0) is 22.5. The number of nitrogens with zero attached hydrogens (tertiary/aromatic N) is 5. The molecule has 2 fully saturated rings. The minimum absolute atomic E-state index is 0.149. The summed E-state index contributed by atoms with van der Waals surface area (Å²) in [6.07, 6.45) is 3.49. The quantitative estimate of drug-likeness (QED) is 0.541. The zero-order valence-electron chi connectivity index (χ0n) is 18.2. The van der Waals surface area contributed by atoms with Crippen molar-refractivity contribution < 1.29 is 9.18 Å². The minimum atomic E-state index is -0.255. The molecule has 1 aromatic heterocycles. The minimum Gasteiger partial charge on any atom is -0.370 e. The molecule has 0 aliphatic carbocycles. The summed E-state index contributed by atoms with van der Waals surface area (Å²) < 4.78 is 13.2. The third-order valence-corrected chi connectivity index (χ3v) is 6.20. The first-order valence-corrected chi connectivity index (χ1v) is 11.0. The van der Waals surface area contributed by atoms with E-state index in [1.54, 1.807) is 18.3 Å². The number of carbonyl (C=O) groups is 1. The van der Waals surface area contributed by atoms with Crippen molar-refractivity contribution in [1.29, 1.82) is 0 Å². The smallest absolute Gasteiger partial charge is 0.222 e. The fourth-order valence-electron chi connectivity index (χ4n) is 4.35.